The van der Waals surface area contributed by atoms with Crippen LogP contribution in [0.2, 0.25) is 0 Å². The zero-order valence-electron chi connectivity index (χ0n) is 11.5. The second-order valence-corrected chi connectivity index (χ2v) is 7.47. The van der Waals surface area contributed by atoms with Crippen molar-refractivity contribution in [3.05, 3.63) is 39.4 Å². The summed E-state index contributed by atoms with van der Waals surface area (Å²) in [7, 11) is -2.96. The summed E-state index contributed by atoms with van der Waals surface area (Å²) in [5.41, 5.74) is 0.712. The van der Waals surface area contributed by atoms with Crippen molar-refractivity contribution in [3.8, 4) is 0 Å². The van der Waals surface area contributed by atoms with Gasteiger partial charge in [0, 0.05) is 23.7 Å². The predicted molar refractivity (Wildman–Crippen MR) is 76.9 cm³/mol. The molecule has 1 aliphatic heterocycles. The topological polar surface area (TPSA) is 106 Å². The highest BCUT2D eigenvalue weighted by atomic mass is 32.2. The van der Waals surface area contributed by atoms with Gasteiger partial charge in [-0.3, -0.25) is 14.9 Å². The standard InChI is InChI=1S/C13H16N2O5S/c1-9-6-11(2-3-12(9)15(17)18)13(16)14-7-10-4-5-21(19,20)8-10/h2-3,6,10H,4-5,7-8H2,1H3,(H,14,16). The summed E-state index contributed by atoms with van der Waals surface area (Å²) in [4.78, 5) is 22.2. The highest BCUT2D eigenvalue weighted by molar-refractivity contribution is 7.91. The molecule has 21 heavy (non-hydrogen) atoms. The maximum absolute atomic E-state index is 12.0. The van der Waals surface area contributed by atoms with Gasteiger partial charge in [0.2, 0.25) is 0 Å². The number of nitrogens with zero attached hydrogens (tertiary/aromatic N) is 1. The van der Waals surface area contributed by atoms with Gasteiger partial charge in [-0.05, 0) is 31.4 Å². The van der Waals surface area contributed by atoms with Crippen LogP contribution in [0, 0.1) is 23.0 Å². The Morgan fingerprint density at radius 1 is 1.48 bits per heavy atom. The van der Waals surface area contributed by atoms with Crippen LogP contribution in [0.5, 0.6) is 0 Å². The van der Waals surface area contributed by atoms with E-state index in [1.54, 1.807) is 6.92 Å². The molecule has 8 heteroatoms. The Kier molecular flexibility index (Phi) is 4.26. The number of aryl methyl sites for hydroxylation is 1. The van der Waals surface area contributed by atoms with E-state index in [0.717, 1.165) is 0 Å². The SMILES string of the molecule is Cc1cc(C(=O)NCC2CCS(=O)(=O)C2)ccc1[N+](=O)[O-]. The van der Waals surface area contributed by atoms with E-state index in [0.29, 0.717) is 24.1 Å². The van der Waals surface area contributed by atoms with E-state index in [-0.39, 0.29) is 29.0 Å². The van der Waals surface area contributed by atoms with Crippen molar-refractivity contribution in [2.24, 2.45) is 5.92 Å². The van der Waals surface area contributed by atoms with Crippen LogP contribution < -0.4 is 5.32 Å². The Morgan fingerprint density at radius 2 is 2.19 bits per heavy atom. The van der Waals surface area contributed by atoms with Crippen LogP contribution in [-0.4, -0.2) is 37.3 Å². The van der Waals surface area contributed by atoms with Gasteiger partial charge < -0.3 is 5.32 Å². The third-order valence-electron chi connectivity index (χ3n) is 3.53. The van der Waals surface area contributed by atoms with Crippen LogP contribution >= 0.6 is 0 Å². The molecule has 1 N–H and O–H groups in total. The normalized spacial score (nSPS) is 20.1. The minimum atomic E-state index is -2.96. The number of nitro benzene ring substituents is 1. The maximum atomic E-state index is 12.0. The first-order valence-corrected chi connectivity index (χ1v) is 8.34. The van der Waals surface area contributed by atoms with Gasteiger partial charge in [-0.25, -0.2) is 8.42 Å². The van der Waals surface area contributed by atoms with Crippen LogP contribution in [0.4, 0.5) is 5.69 Å². The first-order chi connectivity index (χ1) is 9.78. The molecule has 0 spiro atoms. The van der Waals surface area contributed by atoms with Crippen molar-refractivity contribution in [1.29, 1.82) is 0 Å². The molecule has 0 radical (unpaired) electrons. The van der Waals surface area contributed by atoms with Crippen LogP contribution in [-0.2, 0) is 9.84 Å². The molecule has 0 aromatic heterocycles. The van der Waals surface area contributed by atoms with Crippen molar-refractivity contribution in [1.82, 2.24) is 5.32 Å². The molecule has 1 fully saturated rings. The molecule has 1 heterocycles. The highest BCUT2D eigenvalue weighted by Crippen LogP contribution is 2.20. The van der Waals surface area contributed by atoms with E-state index in [2.05, 4.69) is 5.32 Å². The lowest BCUT2D eigenvalue weighted by Gasteiger charge is -2.10. The van der Waals surface area contributed by atoms with Crippen LogP contribution in [0.3, 0.4) is 0 Å². The summed E-state index contributed by atoms with van der Waals surface area (Å²) in [6.45, 7) is 1.87. The number of nitrogens with one attached hydrogen (secondary N) is 1. The zero-order valence-corrected chi connectivity index (χ0v) is 12.4. The molecular formula is C13H16N2O5S. The number of hydrogen-bond acceptors (Lipinski definition) is 5. The number of benzene rings is 1. The molecule has 1 aromatic carbocycles. The molecule has 7 nitrogen and oxygen atoms in total. The molecule has 0 bridgehead atoms. The Balaban J connectivity index is 1.98. The maximum Gasteiger partial charge on any atom is 0.272 e. The first kappa shape index (κ1) is 15.4. The van der Waals surface area contributed by atoms with E-state index < -0.39 is 14.8 Å². The second kappa shape index (κ2) is 5.80. The van der Waals surface area contributed by atoms with Gasteiger partial charge in [-0.15, -0.1) is 0 Å². The van der Waals surface area contributed by atoms with E-state index >= 15 is 0 Å². The number of carbonyl (C=O) groups is 1. The molecule has 114 valence electrons. The molecule has 1 aromatic rings. The second-order valence-electron chi connectivity index (χ2n) is 5.24. The van der Waals surface area contributed by atoms with Crippen molar-refractivity contribution >= 4 is 21.4 Å². The fourth-order valence-corrected chi connectivity index (χ4v) is 4.24. The van der Waals surface area contributed by atoms with E-state index in [1.807, 2.05) is 0 Å². The average molecular weight is 312 g/mol. The molecule has 1 amide bonds. The number of sulfone groups is 1. The van der Waals surface area contributed by atoms with Gasteiger partial charge in [0.05, 0.1) is 16.4 Å². The summed E-state index contributed by atoms with van der Waals surface area (Å²) in [5.74, 6) is -0.132. The first-order valence-electron chi connectivity index (χ1n) is 6.52. The quantitative estimate of drug-likeness (QED) is 0.661. The Labute approximate surface area is 122 Å². The molecule has 1 aliphatic rings. The van der Waals surface area contributed by atoms with Crippen molar-refractivity contribution < 1.29 is 18.1 Å². The van der Waals surface area contributed by atoms with Crippen molar-refractivity contribution in [3.63, 3.8) is 0 Å². The Hall–Kier alpha value is -1.96. The van der Waals surface area contributed by atoms with Gasteiger partial charge in [-0.2, -0.15) is 0 Å². The van der Waals surface area contributed by atoms with E-state index in [9.17, 15) is 23.3 Å². The smallest absolute Gasteiger partial charge is 0.272 e. The minimum Gasteiger partial charge on any atom is -0.352 e. The third kappa shape index (κ3) is 3.78. The van der Waals surface area contributed by atoms with Crippen LogP contribution in [0.1, 0.15) is 22.3 Å². The number of nitro groups is 1. The number of amides is 1. The van der Waals surface area contributed by atoms with Gasteiger partial charge in [0.25, 0.3) is 11.6 Å². The van der Waals surface area contributed by atoms with Crippen molar-refractivity contribution in [2.45, 2.75) is 13.3 Å². The zero-order chi connectivity index (χ0) is 15.6. The molecule has 1 atom stereocenters. The van der Waals surface area contributed by atoms with Crippen LogP contribution in [0.15, 0.2) is 18.2 Å². The van der Waals surface area contributed by atoms with Crippen LogP contribution in [0.25, 0.3) is 0 Å². The molecule has 0 saturated carbocycles. The molecule has 1 unspecified atom stereocenters. The summed E-state index contributed by atoms with van der Waals surface area (Å²) >= 11 is 0. The van der Waals surface area contributed by atoms with E-state index in [4.69, 9.17) is 0 Å². The average Bonchev–Trinajstić information content (AvgIpc) is 2.75. The number of rotatable bonds is 4. The lowest BCUT2D eigenvalue weighted by atomic mass is 10.1. The molecular weight excluding hydrogens is 296 g/mol. The highest BCUT2D eigenvalue weighted by Gasteiger charge is 2.28. The lowest BCUT2D eigenvalue weighted by Crippen LogP contribution is -2.29. The third-order valence-corrected chi connectivity index (χ3v) is 5.37. The summed E-state index contributed by atoms with van der Waals surface area (Å²) in [6, 6.07) is 4.15. The minimum absolute atomic E-state index is 0.0339. The van der Waals surface area contributed by atoms with Gasteiger partial charge >= 0.3 is 0 Å². The van der Waals surface area contributed by atoms with Gasteiger partial charge in [0.15, 0.2) is 9.84 Å². The monoisotopic (exact) mass is 312 g/mol. The fourth-order valence-electron chi connectivity index (χ4n) is 2.37. The Morgan fingerprint density at radius 3 is 2.71 bits per heavy atom. The van der Waals surface area contributed by atoms with Gasteiger partial charge in [0.1, 0.15) is 0 Å². The summed E-state index contributed by atoms with van der Waals surface area (Å²) in [5, 5.41) is 13.4. The molecule has 2 rings (SSSR count). The summed E-state index contributed by atoms with van der Waals surface area (Å²) < 4.78 is 22.7. The molecule has 0 aliphatic carbocycles. The predicted octanol–water partition coefficient (Wildman–Crippen LogP) is 1.07. The fraction of sp³-hybridized carbons (Fsp3) is 0.462. The number of carbonyl (C=O) groups excluding carboxylic acids is 1. The van der Waals surface area contributed by atoms with Gasteiger partial charge in [-0.1, -0.05) is 0 Å². The number of hydrogen-bond donors (Lipinski definition) is 1. The lowest BCUT2D eigenvalue weighted by molar-refractivity contribution is -0.385. The Bertz CT molecular complexity index is 684. The van der Waals surface area contributed by atoms with E-state index in [1.165, 1.54) is 18.2 Å². The van der Waals surface area contributed by atoms with Crippen molar-refractivity contribution in [2.75, 3.05) is 18.1 Å². The largest absolute Gasteiger partial charge is 0.352 e. The molecule has 1 saturated heterocycles. The summed E-state index contributed by atoms with van der Waals surface area (Å²) in [6.07, 6.45) is 0.557.